The van der Waals surface area contributed by atoms with Crippen LogP contribution in [0.4, 0.5) is 5.82 Å². The topological polar surface area (TPSA) is 118 Å². The molecule has 2 aliphatic rings. The molecule has 4 atom stereocenters. The van der Waals surface area contributed by atoms with E-state index in [-0.39, 0.29) is 23.9 Å². The number of nitrogens with two attached hydrogens (primary N) is 1. The number of anilines is 1. The van der Waals surface area contributed by atoms with E-state index in [1.165, 1.54) is 0 Å². The maximum atomic E-state index is 13.7. The Morgan fingerprint density at radius 1 is 1.22 bits per heavy atom. The van der Waals surface area contributed by atoms with Crippen LogP contribution in [0.15, 0.2) is 47.9 Å². The molecule has 5 rings (SSSR count). The Balaban J connectivity index is 1.36. The first-order valence-corrected chi connectivity index (χ1v) is 13.2. The molecule has 0 spiro atoms. The van der Waals surface area contributed by atoms with Crippen LogP contribution in [0.5, 0.6) is 0 Å². The fourth-order valence-corrected chi connectivity index (χ4v) is 5.65. The van der Waals surface area contributed by atoms with E-state index in [0.717, 1.165) is 67.1 Å². The lowest BCUT2D eigenvalue weighted by Gasteiger charge is -2.36. The van der Waals surface area contributed by atoms with E-state index in [0.29, 0.717) is 13.0 Å². The summed E-state index contributed by atoms with van der Waals surface area (Å²) >= 11 is 0. The van der Waals surface area contributed by atoms with Gasteiger partial charge < -0.3 is 20.4 Å². The first-order chi connectivity index (χ1) is 17.9. The lowest BCUT2D eigenvalue weighted by molar-refractivity contribution is -0.140. The SMILES string of the molecule is Cc1cn2nc([C@@H]3CCCCN3C(=O)C(C)CC(ON=O)c3ccccc3)cc2nc1N1CC[C@H](N)C1. The summed E-state index contributed by atoms with van der Waals surface area (Å²) in [4.78, 5) is 38.8. The number of aromatic nitrogens is 3. The Hall–Kier alpha value is -3.53. The zero-order chi connectivity index (χ0) is 25.9. The number of hydrogen-bond donors (Lipinski definition) is 1. The monoisotopic (exact) mass is 505 g/mol. The largest absolute Gasteiger partial charge is 0.356 e. The second-order valence-corrected chi connectivity index (χ2v) is 10.4. The second kappa shape index (κ2) is 10.8. The number of aryl methyl sites for hydroxylation is 1. The zero-order valence-corrected chi connectivity index (χ0v) is 21.5. The number of nitrogens with zero attached hydrogens (tertiary/aromatic N) is 6. The van der Waals surface area contributed by atoms with Crippen molar-refractivity contribution in [3.05, 3.63) is 64.3 Å². The molecule has 0 aliphatic carbocycles. The van der Waals surface area contributed by atoms with Gasteiger partial charge in [-0.3, -0.25) is 4.79 Å². The maximum absolute atomic E-state index is 13.7. The van der Waals surface area contributed by atoms with Crippen molar-refractivity contribution < 1.29 is 9.63 Å². The van der Waals surface area contributed by atoms with Gasteiger partial charge in [0.15, 0.2) is 17.1 Å². The van der Waals surface area contributed by atoms with Crippen molar-refractivity contribution in [3.63, 3.8) is 0 Å². The van der Waals surface area contributed by atoms with Gasteiger partial charge >= 0.3 is 0 Å². The van der Waals surface area contributed by atoms with Crippen molar-refractivity contribution in [2.45, 2.75) is 64.1 Å². The number of benzene rings is 1. The molecule has 2 fully saturated rings. The van der Waals surface area contributed by atoms with Gasteiger partial charge in [-0.15, -0.1) is 4.91 Å². The first kappa shape index (κ1) is 25.1. The number of rotatable bonds is 8. The maximum Gasteiger partial charge on any atom is 0.226 e. The van der Waals surface area contributed by atoms with Crippen LogP contribution in [-0.4, -0.2) is 51.1 Å². The lowest BCUT2D eigenvalue weighted by atomic mass is 9.93. The van der Waals surface area contributed by atoms with Crippen LogP contribution in [0.1, 0.15) is 68.0 Å². The normalized spacial score (nSPS) is 21.7. The Kier molecular flexibility index (Phi) is 7.36. The van der Waals surface area contributed by atoms with Gasteiger partial charge in [-0.25, -0.2) is 9.50 Å². The van der Waals surface area contributed by atoms with Gasteiger partial charge in [-0.1, -0.05) is 37.3 Å². The van der Waals surface area contributed by atoms with Gasteiger partial charge in [0.2, 0.25) is 5.91 Å². The molecular weight excluding hydrogens is 470 g/mol. The number of fused-ring (bicyclic) bond motifs is 1. The molecule has 1 amide bonds. The van der Waals surface area contributed by atoms with E-state index >= 15 is 0 Å². The van der Waals surface area contributed by atoms with Crippen LogP contribution in [-0.2, 0) is 9.63 Å². The van der Waals surface area contributed by atoms with Crippen molar-refractivity contribution in [3.8, 4) is 0 Å². The Bertz CT molecular complexity index is 1250. The van der Waals surface area contributed by atoms with Crippen molar-refractivity contribution >= 4 is 17.4 Å². The van der Waals surface area contributed by atoms with Gasteiger partial charge in [0.05, 0.1) is 11.7 Å². The summed E-state index contributed by atoms with van der Waals surface area (Å²) in [6.45, 7) is 6.32. The van der Waals surface area contributed by atoms with Crippen molar-refractivity contribution in [2.75, 3.05) is 24.5 Å². The van der Waals surface area contributed by atoms with E-state index in [9.17, 15) is 9.70 Å². The molecule has 2 N–H and O–H groups in total. The smallest absolute Gasteiger partial charge is 0.226 e. The number of carbonyl (C=O) groups is 1. The third kappa shape index (κ3) is 5.29. The molecule has 2 saturated heterocycles. The van der Waals surface area contributed by atoms with Crippen molar-refractivity contribution in [1.82, 2.24) is 19.5 Å². The van der Waals surface area contributed by atoms with Crippen LogP contribution in [0.2, 0.25) is 0 Å². The molecule has 2 aromatic heterocycles. The summed E-state index contributed by atoms with van der Waals surface area (Å²) in [5, 5.41) is 7.51. The predicted octanol–water partition coefficient (Wildman–Crippen LogP) is 4.09. The molecule has 0 saturated carbocycles. The number of likely N-dealkylation sites (tertiary alicyclic amines) is 1. The summed E-state index contributed by atoms with van der Waals surface area (Å²) in [6, 6.07) is 11.5. The summed E-state index contributed by atoms with van der Waals surface area (Å²) in [6.07, 6.45) is 5.61. The minimum absolute atomic E-state index is 0.0352. The quantitative estimate of drug-likeness (QED) is 0.362. The van der Waals surface area contributed by atoms with Crippen molar-refractivity contribution in [1.29, 1.82) is 0 Å². The van der Waals surface area contributed by atoms with Crippen LogP contribution < -0.4 is 10.6 Å². The molecule has 196 valence electrons. The molecule has 10 heteroatoms. The zero-order valence-electron chi connectivity index (χ0n) is 21.5. The molecule has 2 aliphatic heterocycles. The summed E-state index contributed by atoms with van der Waals surface area (Å²) in [7, 11) is 0. The van der Waals surface area contributed by atoms with Gasteiger partial charge in [0.1, 0.15) is 5.82 Å². The summed E-state index contributed by atoms with van der Waals surface area (Å²) < 4.78 is 1.82. The number of piperidine rings is 1. The molecule has 2 unspecified atom stereocenters. The molecule has 4 heterocycles. The lowest BCUT2D eigenvalue weighted by Crippen LogP contribution is -2.41. The van der Waals surface area contributed by atoms with Crippen LogP contribution in [0.3, 0.4) is 0 Å². The van der Waals surface area contributed by atoms with Gasteiger partial charge in [0, 0.05) is 55.8 Å². The van der Waals surface area contributed by atoms with E-state index in [4.69, 9.17) is 20.7 Å². The Labute approximate surface area is 216 Å². The second-order valence-electron chi connectivity index (χ2n) is 10.4. The van der Waals surface area contributed by atoms with E-state index in [1.807, 2.05) is 65.9 Å². The third-order valence-corrected chi connectivity index (χ3v) is 7.61. The summed E-state index contributed by atoms with van der Waals surface area (Å²) in [5.74, 6) is 0.636. The molecule has 0 bridgehead atoms. The standard InChI is InChI=1S/C27H35N7O3/c1-18(14-24(37-31-36)20-8-4-3-5-9-20)27(35)33-12-7-6-10-23(33)22-15-25-29-26(19(2)16-34(25)30-22)32-13-11-21(28)17-32/h3-5,8-9,15-16,18,21,23-24H,6-7,10-14,17,28H2,1-2H3/t18?,21-,23-,24?/m0/s1. The molecule has 3 aromatic rings. The molecular formula is C27H35N7O3. The third-order valence-electron chi connectivity index (χ3n) is 7.61. The number of hydrogen-bond acceptors (Lipinski definition) is 8. The Morgan fingerprint density at radius 2 is 2.03 bits per heavy atom. The minimum atomic E-state index is -0.569. The fourth-order valence-electron chi connectivity index (χ4n) is 5.65. The van der Waals surface area contributed by atoms with E-state index in [1.54, 1.807) is 0 Å². The minimum Gasteiger partial charge on any atom is -0.356 e. The summed E-state index contributed by atoms with van der Waals surface area (Å²) in [5.41, 5.74) is 9.63. The van der Waals surface area contributed by atoms with Crippen LogP contribution in [0.25, 0.3) is 5.65 Å². The molecule has 1 aromatic carbocycles. The van der Waals surface area contributed by atoms with Crippen LogP contribution >= 0.6 is 0 Å². The van der Waals surface area contributed by atoms with E-state index < -0.39 is 6.10 Å². The van der Waals surface area contributed by atoms with Gasteiger partial charge in [-0.05, 0) is 38.2 Å². The molecule has 0 radical (unpaired) electrons. The highest BCUT2D eigenvalue weighted by Crippen LogP contribution is 2.34. The number of amides is 1. The van der Waals surface area contributed by atoms with E-state index in [2.05, 4.69) is 10.2 Å². The Morgan fingerprint density at radius 3 is 2.76 bits per heavy atom. The van der Waals surface area contributed by atoms with Crippen molar-refractivity contribution in [2.24, 2.45) is 17.0 Å². The average molecular weight is 506 g/mol. The molecule has 10 nitrogen and oxygen atoms in total. The highest BCUT2D eigenvalue weighted by molar-refractivity contribution is 5.79. The molecule has 37 heavy (non-hydrogen) atoms. The average Bonchev–Trinajstić information content (AvgIpc) is 3.53. The van der Waals surface area contributed by atoms with Gasteiger partial charge in [0.25, 0.3) is 0 Å². The van der Waals surface area contributed by atoms with Gasteiger partial charge in [-0.2, -0.15) is 5.10 Å². The van der Waals surface area contributed by atoms with Crippen LogP contribution in [0, 0.1) is 17.7 Å². The highest BCUT2D eigenvalue weighted by Gasteiger charge is 2.34. The predicted molar refractivity (Wildman–Crippen MR) is 141 cm³/mol. The number of carbonyl (C=O) groups excluding carboxylic acids is 1. The first-order valence-electron chi connectivity index (χ1n) is 13.2. The fraction of sp³-hybridized carbons (Fsp3) is 0.519. The highest BCUT2D eigenvalue weighted by atomic mass is 16.7.